The molecule has 0 aliphatic carbocycles. The molecule has 0 aliphatic rings. The molecule has 2 rings (SSSR count). The normalized spacial score (nSPS) is 11.1. The van der Waals surface area contributed by atoms with Crippen LogP contribution >= 0.6 is 0 Å². The Balaban J connectivity index is 1.97. The van der Waals surface area contributed by atoms with Gasteiger partial charge in [-0.3, -0.25) is 0 Å². The van der Waals surface area contributed by atoms with Gasteiger partial charge < -0.3 is 14.5 Å². The summed E-state index contributed by atoms with van der Waals surface area (Å²) in [5.74, 6) is -1.77. The van der Waals surface area contributed by atoms with E-state index in [4.69, 9.17) is 9.15 Å². The lowest BCUT2D eigenvalue weighted by molar-refractivity contribution is 0.313. The van der Waals surface area contributed by atoms with Crippen molar-refractivity contribution in [3.63, 3.8) is 0 Å². The maximum Gasteiger partial charge on any atom is 0.399 e. The molecule has 0 aliphatic heterocycles. The Morgan fingerprint density at radius 3 is 2.90 bits per heavy atom. The highest BCUT2D eigenvalue weighted by molar-refractivity contribution is 5.27. The summed E-state index contributed by atoms with van der Waals surface area (Å²) in [6, 6.07) is 3.67. The molecule has 2 aromatic rings. The van der Waals surface area contributed by atoms with Gasteiger partial charge in [-0.05, 0) is 24.6 Å². The molecule has 4 nitrogen and oxygen atoms in total. The molecule has 0 bridgehead atoms. The Hall–Kier alpha value is -1.95. The van der Waals surface area contributed by atoms with E-state index in [9.17, 15) is 8.78 Å². The average molecular weight is 282 g/mol. The summed E-state index contributed by atoms with van der Waals surface area (Å²) in [4.78, 5) is 4.03. The van der Waals surface area contributed by atoms with Gasteiger partial charge in [0.05, 0.1) is 5.69 Å². The second-order valence-corrected chi connectivity index (χ2v) is 4.78. The predicted octanol–water partition coefficient (Wildman–Crippen LogP) is 3.49. The first-order valence-electron chi connectivity index (χ1n) is 6.33. The lowest BCUT2D eigenvalue weighted by Gasteiger charge is -2.04. The van der Waals surface area contributed by atoms with Crippen LogP contribution in [0.25, 0.3) is 0 Å². The third-order valence-electron chi connectivity index (χ3n) is 2.50. The number of halogens is 2. The summed E-state index contributed by atoms with van der Waals surface area (Å²) in [5.41, 5.74) is 0.637. The van der Waals surface area contributed by atoms with Crippen LogP contribution in [0.3, 0.4) is 0 Å². The van der Waals surface area contributed by atoms with Crippen molar-refractivity contribution in [3.05, 3.63) is 41.8 Å². The van der Waals surface area contributed by atoms with E-state index >= 15 is 0 Å². The minimum Gasteiger partial charge on any atom is -0.417 e. The number of hydrogen-bond acceptors (Lipinski definition) is 4. The van der Waals surface area contributed by atoms with Crippen molar-refractivity contribution in [2.45, 2.75) is 20.4 Å². The number of aromatic nitrogens is 1. The molecule has 6 heteroatoms. The van der Waals surface area contributed by atoms with Crippen LogP contribution in [-0.2, 0) is 6.54 Å². The molecule has 1 aromatic carbocycles. The van der Waals surface area contributed by atoms with Crippen molar-refractivity contribution in [1.29, 1.82) is 0 Å². The van der Waals surface area contributed by atoms with Crippen LogP contribution in [0.1, 0.15) is 19.5 Å². The highest BCUT2D eigenvalue weighted by Crippen LogP contribution is 2.25. The number of nitrogens with zero attached hydrogens (tertiary/aromatic N) is 1. The summed E-state index contributed by atoms with van der Waals surface area (Å²) in [7, 11) is 0. The highest BCUT2D eigenvalue weighted by Gasteiger charge is 2.13. The number of nitrogens with one attached hydrogen (secondary N) is 1. The number of hydrogen-bond donors (Lipinski definition) is 1. The fraction of sp³-hybridized carbons (Fsp3) is 0.357. The summed E-state index contributed by atoms with van der Waals surface area (Å²) in [6.45, 7) is 5.56. The maximum absolute atomic E-state index is 13.4. The van der Waals surface area contributed by atoms with Crippen LogP contribution in [0, 0.1) is 17.6 Å². The minimum atomic E-state index is -1.06. The second-order valence-electron chi connectivity index (χ2n) is 4.78. The van der Waals surface area contributed by atoms with E-state index in [0.717, 1.165) is 12.6 Å². The average Bonchev–Trinajstić information content (AvgIpc) is 2.82. The predicted molar refractivity (Wildman–Crippen MR) is 69.5 cm³/mol. The van der Waals surface area contributed by atoms with E-state index in [1.165, 1.54) is 18.4 Å². The van der Waals surface area contributed by atoms with Gasteiger partial charge in [-0.25, -0.2) is 4.39 Å². The maximum atomic E-state index is 13.4. The molecule has 0 atom stereocenters. The molecule has 1 heterocycles. The monoisotopic (exact) mass is 282 g/mol. The van der Waals surface area contributed by atoms with Gasteiger partial charge in [0.2, 0.25) is 5.82 Å². The number of ether oxygens (including phenoxy) is 1. The fourth-order valence-corrected chi connectivity index (χ4v) is 1.56. The van der Waals surface area contributed by atoms with Gasteiger partial charge in [-0.15, -0.1) is 0 Å². The Morgan fingerprint density at radius 1 is 1.35 bits per heavy atom. The van der Waals surface area contributed by atoms with Crippen molar-refractivity contribution < 1.29 is 17.9 Å². The molecule has 0 saturated carbocycles. The second kappa shape index (κ2) is 6.47. The first-order chi connectivity index (χ1) is 9.56. The number of rotatable bonds is 6. The van der Waals surface area contributed by atoms with E-state index in [1.54, 1.807) is 0 Å². The molecule has 0 saturated heterocycles. The topological polar surface area (TPSA) is 47.3 Å². The van der Waals surface area contributed by atoms with E-state index in [-0.39, 0.29) is 11.8 Å². The highest BCUT2D eigenvalue weighted by atomic mass is 19.2. The zero-order valence-corrected chi connectivity index (χ0v) is 11.3. The number of benzene rings is 1. The van der Waals surface area contributed by atoms with Crippen LogP contribution in [0.15, 0.2) is 28.9 Å². The van der Waals surface area contributed by atoms with E-state index in [2.05, 4.69) is 24.1 Å². The van der Waals surface area contributed by atoms with Gasteiger partial charge >= 0.3 is 6.08 Å². The SMILES string of the molecule is CC(C)CNCc1coc(Oc2cccc(F)c2F)n1. The molecule has 0 amide bonds. The van der Waals surface area contributed by atoms with Gasteiger partial charge in [0.15, 0.2) is 11.6 Å². The lowest BCUT2D eigenvalue weighted by Crippen LogP contribution is -2.19. The molecule has 108 valence electrons. The van der Waals surface area contributed by atoms with Crippen LogP contribution in [0.5, 0.6) is 11.8 Å². The Morgan fingerprint density at radius 2 is 2.15 bits per heavy atom. The van der Waals surface area contributed by atoms with Crippen LogP contribution in [-0.4, -0.2) is 11.5 Å². The molecule has 0 unspecified atom stereocenters. The molecule has 1 aromatic heterocycles. The first-order valence-corrected chi connectivity index (χ1v) is 6.33. The van der Waals surface area contributed by atoms with Gasteiger partial charge in [0, 0.05) is 6.54 Å². The van der Waals surface area contributed by atoms with Crippen molar-refractivity contribution in [3.8, 4) is 11.8 Å². The Bertz CT molecular complexity index is 570. The lowest BCUT2D eigenvalue weighted by atomic mass is 10.2. The Kier molecular flexibility index (Phi) is 4.68. The fourth-order valence-electron chi connectivity index (χ4n) is 1.56. The summed E-state index contributed by atoms with van der Waals surface area (Å²) >= 11 is 0. The summed E-state index contributed by atoms with van der Waals surface area (Å²) < 4.78 is 36.6. The van der Waals surface area contributed by atoms with E-state index in [1.807, 2.05) is 0 Å². The van der Waals surface area contributed by atoms with Gasteiger partial charge in [0.1, 0.15) is 6.26 Å². The van der Waals surface area contributed by atoms with E-state index < -0.39 is 11.6 Å². The molecule has 0 spiro atoms. The summed E-state index contributed by atoms with van der Waals surface area (Å²) in [6.07, 6.45) is 1.30. The van der Waals surface area contributed by atoms with Crippen LogP contribution in [0.2, 0.25) is 0 Å². The Labute approximate surface area is 115 Å². The first kappa shape index (κ1) is 14.5. The third-order valence-corrected chi connectivity index (χ3v) is 2.50. The quantitative estimate of drug-likeness (QED) is 0.881. The molecule has 20 heavy (non-hydrogen) atoms. The largest absolute Gasteiger partial charge is 0.417 e. The van der Waals surface area contributed by atoms with Crippen molar-refractivity contribution in [1.82, 2.24) is 10.3 Å². The molecule has 0 radical (unpaired) electrons. The van der Waals surface area contributed by atoms with Gasteiger partial charge in [0.25, 0.3) is 0 Å². The van der Waals surface area contributed by atoms with Crippen molar-refractivity contribution in [2.75, 3.05) is 6.54 Å². The van der Waals surface area contributed by atoms with Crippen molar-refractivity contribution >= 4 is 0 Å². The van der Waals surface area contributed by atoms with Crippen LogP contribution < -0.4 is 10.1 Å². The standard InChI is InChI=1S/C14H16F2N2O2/c1-9(2)6-17-7-10-8-19-14(18-10)20-12-5-3-4-11(15)13(12)16/h3-5,8-9,17H,6-7H2,1-2H3. The smallest absolute Gasteiger partial charge is 0.399 e. The molecule has 0 fully saturated rings. The minimum absolute atomic E-state index is 0.115. The zero-order chi connectivity index (χ0) is 14.5. The molecular formula is C14H16F2N2O2. The van der Waals surface area contributed by atoms with E-state index in [0.29, 0.717) is 18.2 Å². The zero-order valence-electron chi connectivity index (χ0n) is 11.3. The van der Waals surface area contributed by atoms with Gasteiger partial charge in [-0.1, -0.05) is 19.9 Å². The molecule has 1 N–H and O–H groups in total. The van der Waals surface area contributed by atoms with Crippen LogP contribution in [0.4, 0.5) is 8.78 Å². The van der Waals surface area contributed by atoms with Crippen molar-refractivity contribution in [2.24, 2.45) is 5.92 Å². The van der Waals surface area contributed by atoms with Gasteiger partial charge in [-0.2, -0.15) is 9.37 Å². The molecular weight excluding hydrogens is 266 g/mol. The number of oxazole rings is 1. The third kappa shape index (κ3) is 3.77. The summed E-state index contributed by atoms with van der Waals surface area (Å²) in [5, 5.41) is 3.19.